The normalized spacial score (nSPS) is 18.4. The van der Waals surface area contributed by atoms with Gasteiger partial charge in [-0.05, 0) is 37.8 Å². The molecule has 4 rings (SSSR count). The number of amides is 2. The number of likely N-dealkylation sites (tertiary alicyclic amines) is 1. The van der Waals surface area contributed by atoms with Gasteiger partial charge in [-0.25, -0.2) is 4.98 Å². The third-order valence-corrected chi connectivity index (χ3v) is 5.98. The van der Waals surface area contributed by atoms with Crippen molar-refractivity contribution in [3.8, 4) is 0 Å². The molecular formula is C22H27N5O3. The van der Waals surface area contributed by atoms with Gasteiger partial charge in [0.05, 0.1) is 23.8 Å². The molecule has 0 unspecified atom stereocenters. The number of pyridine rings is 1. The average Bonchev–Trinajstić information content (AvgIpc) is 3.24. The summed E-state index contributed by atoms with van der Waals surface area (Å²) in [7, 11) is 0. The van der Waals surface area contributed by atoms with Crippen molar-refractivity contribution in [2.45, 2.75) is 58.5 Å². The van der Waals surface area contributed by atoms with E-state index in [1.807, 2.05) is 18.7 Å². The number of hydrogen-bond acceptors (Lipinski definition) is 5. The minimum absolute atomic E-state index is 0.101. The second-order valence-corrected chi connectivity index (χ2v) is 8.04. The van der Waals surface area contributed by atoms with Gasteiger partial charge in [0.25, 0.3) is 11.5 Å². The maximum Gasteiger partial charge on any atom is 0.256 e. The van der Waals surface area contributed by atoms with Crippen LogP contribution < -0.4 is 5.56 Å². The first kappa shape index (κ1) is 20.3. The molecule has 30 heavy (non-hydrogen) atoms. The van der Waals surface area contributed by atoms with Crippen LogP contribution in [0.2, 0.25) is 0 Å². The van der Waals surface area contributed by atoms with Crippen LogP contribution in [0.15, 0.2) is 23.3 Å². The monoisotopic (exact) mass is 409 g/mol. The summed E-state index contributed by atoms with van der Waals surface area (Å²) in [5, 5.41) is 0. The summed E-state index contributed by atoms with van der Waals surface area (Å²) in [6.45, 7) is 5.29. The molecule has 0 bridgehead atoms. The number of carbonyl (C=O) groups excluding carboxylic acids is 2. The molecule has 8 nitrogen and oxygen atoms in total. The molecule has 158 valence electrons. The largest absolute Gasteiger partial charge is 0.334 e. The van der Waals surface area contributed by atoms with Crippen LogP contribution in [0.3, 0.4) is 0 Å². The molecule has 4 heterocycles. The van der Waals surface area contributed by atoms with Crippen LogP contribution >= 0.6 is 0 Å². The fraction of sp³-hybridized carbons (Fsp3) is 0.500. The van der Waals surface area contributed by atoms with Gasteiger partial charge in [-0.3, -0.25) is 19.4 Å². The van der Waals surface area contributed by atoms with Crippen molar-refractivity contribution in [2.24, 2.45) is 0 Å². The van der Waals surface area contributed by atoms with Gasteiger partial charge >= 0.3 is 0 Å². The molecule has 8 heteroatoms. The summed E-state index contributed by atoms with van der Waals surface area (Å²) >= 11 is 0. The zero-order valence-corrected chi connectivity index (χ0v) is 17.5. The Morgan fingerprint density at radius 1 is 1.30 bits per heavy atom. The van der Waals surface area contributed by atoms with Crippen molar-refractivity contribution in [3.05, 3.63) is 57.0 Å². The van der Waals surface area contributed by atoms with E-state index in [1.54, 1.807) is 23.4 Å². The number of aryl methyl sites for hydroxylation is 1. The molecule has 0 aliphatic carbocycles. The third kappa shape index (κ3) is 3.74. The molecule has 0 radical (unpaired) electrons. The minimum atomic E-state index is -0.214. The van der Waals surface area contributed by atoms with E-state index < -0.39 is 0 Å². The third-order valence-electron chi connectivity index (χ3n) is 5.98. The lowest BCUT2D eigenvalue weighted by Gasteiger charge is -2.29. The fourth-order valence-electron chi connectivity index (χ4n) is 4.37. The lowest BCUT2D eigenvalue weighted by molar-refractivity contribution is -0.132. The summed E-state index contributed by atoms with van der Waals surface area (Å²) in [6, 6.07) is 1.54. The summed E-state index contributed by atoms with van der Waals surface area (Å²) in [5.41, 5.74) is 2.47. The SMILES string of the molecule is CCCC(=O)N1CCC[C@@H]1c1nc2c(c(=O)[nH]1)CN(C(=O)c1ccncc1C)CC2. The number of rotatable bonds is 4. The van der Waals surface area contributed by atoms with Crippen LogP contribution in [0.4, 0.5) is 0 Å². The van der Waals surface area contributed by atoms with Crippen molar-refractivity contribution in [1.82, 2.24) is 24.8 Å². The maximum absolute atomic E-state index is 12.9. The van der Waals surface area contributed by atoms with Gasteiger partial charge in [-0.15, -0.1) is 0 Å². The summed E-state index contributed by atoms with van der Waals surface area (Å²) in [4.78, 5) is 53.4. The molecule has 2 aromatic heterocycles. The quantitative estimate of drug-likeness (QED) is 0.834. The Morgan fingerprint density at radius 2 is 2.13 bits per heavy atom. The molecule has 1 atom stereocenters. The highest BCUT2D eigenvalue weighted by Crippen LogP contribution is 2.31. The molecule has 2 amide bonds. The van der Waals surface area contributed by atoms with E-state index in [4.69, 9.17) is 4.98 Å². The van der Waals surface area contributed by atoms with Crippen molar-refractivity contribution in [2.75, 3.05) is 13.1 Å². The average molecular weight is 409 g/mol. The highest BCUT2D eigenvalue weighted by atomic mass is 16.2. The van der Waals surface area contributed by atoms with Crippen molar-refractivity contribution in [3.63, 3.8) is 0 Å². The highest BCUT2D eigenvalue weighted by Gasteiger charge is 2.33. The van der Waals surface area contributed by atoms with Crippen LogP contribution in [-0.4, -0.2) is 49.7 Å². The summed E-state index contributed by atoms with van der Waals surface area (Å²) in [5.74, 6) is 0.589. The van der Waals surface area contributed by atoms with Gasteiger partial charge in [-0.2, -0.15) is 0 Å². The zero-order valence-electron chi connectivity index (χ0n) is 17.5. The Balaban J connectivity index is 1.57. The molecule has 1 fully saturated rings. The number of fused-ring (bicyclic) bond motifs is 1. The van der Waals surface area contributed by atoms with Crippen LogP contribution in [-0.2, 0) is 17.8 Å². The van der Waals surface area contributed by atoms with Gasteiger partial charge in [-0.1, -0.05) is 6.92 Å². The van der Waals surface area contributed by atoms with Crippen LogP contribution in [0.1, 0.15) is 71.7 Å². The Bertz CT molecular complexity index is 1030. The Hall–Kier alpha value is -3.03. The van der Waals surface area contributed by atoms with Gasteiger partial charge in [0.15, 0.2) is 0 Å². The first-order valence-electron chi connectivity index (χ1n) is 10.6. The first-order valence-corrected chi connectivity index (χ1v) is 10.6. The van der Waals surface area contributed by atoms with E-state index >= 15 is 0 Å². The van der Waals surface area contributed by atoms with Crippen LogP contribution in [0.25, 0.3) is 0 Å². The predicted molar refractivity (Wildman–Crippen MR) is 111 cm³/mol. The van der Waals surface area contributed by atoms with E-state index in [-0.39, 0.29) is 30.0 Å². The van der Waals surface area contributed by atoms with Crippen molar-refractivity contribution in [1.29, 1.82) is 0 Å². The number of nitrogens with one attached hydrogen (secondary N) is 1. The second-order valence-electron chi connectivity index (χ2n) is 8.04. The predicted octanol–water partition coefficient (Wildman–Crippen LogP) is 2.14. The standard InChI is InChI=1S/C22H27N5O3/c1-3-5-19(28)27-10-4-6-18(27)20-24-17-8-11-26(13-16(17)21(29)25-20)22(30)15-7-9-23-12-14(15)2/h7,9,12,18H,3-6,8,10-11,13H2,1-2H3,(H,24,25,29)/t18-/m1/s1. The van der Waals surface area contributed by atoms with Gasteiger partial charge < -0.3 is 14.8 Å². The molecule has 1 N–H and O–H groups in total. The summed E-state index contributed by atoms with van der Waals surface area (Å²) in [6.07, 6.45) is 6.83. The Kier molecular flexibility index (Phi) is 5.65. The van der Waals surface area contributed by atoms with E-state index in [2.05, 4.69) is 9.97 Å². The van der Waals surface area contributed by atoms with Gasteiger partial charge in [0.1, 0.15) is 5.82 Å². The lowest BCUT2D eigenvalue weighted by Crippen LogP contribution is -2.41. The highest BCUT2D eigenvalue weighted by molar-refractivity contribution is 5.95. The smallest absolute Gasteiger partial charge is 0.256 e. The fourth-order valence-corrected chi connectivity index (χ4v) is 4.37. The van der Waals surface area contributed by atoms with Gasteiger partial charge in [0, 0.05) is 43.9 Å². The molecule has 2 aliphatic heterocycles. The molecule has 0 aromatic carbocycles. The first-order chi connectivity index (χ1) is 14.5. The number of carbonyl (C=O) groups is 2. The number of aromatic amines is 1. The number of aromatic nitrogens is 3. The lowest BCUT2D eigenvalue weighted by atomic mass is 10.0. The summed E-state index contributed by atoms with van der Waals surface area (Å²) < 4.78 is 0. The molecule has 1 saturated heterocycles. The van der Waals surface area contributed by atoms with Crippen molar-refractivity contribution < 1.29 is 9.59 Å². The molecule has 2 aliphatic rings. The zero-order chi connectivity index (χ0) is 21.3. The number of hydrogen-bond donors (Lipinski definition) is 1. The number of H-pyrrole nitrogens is 1. The van der Waals surface area contributed by atoms with Crippen LogP contribution in [0.5, 0.6) is 0 Å². The van der Waals surface area contributed by atoms with E-state index in [0.717, 1.165) is 30.5 Å². The van der Waals surface area contributed by atoms with Crippen LogP contribution in [0, 0.1) is 6.92 Å². The minimum Gasteiger partial charge on any atom is -0.334 e. The topological polar surface area (TPSA) is 99.3 Å². The molecule has 0 spiro atoms. The van der Waals surface area contributed by atoms with Gasteiger partial charge in [0.2, 0.25) is 5.91 Å². The maximum atomic E-state index is 12.9. The number of nitrogens with zero attached hydrogens (tertiary/aromatic N) is 4. The second kappa shape index (κ2) is 8.38. The van der Waals surface area contributed by atoms with E-state index in [0.29, 0.717) is 42.9 Å². The molecule has 0 saturated carbocycles. The Morgan fingerprint density at radius 3 is 2.90 bits per heavy atom. The van der Waals surface area contributed by atoms with E-state index in [9.17, 15) is 14.4 Å². The molecular weight excluding hydrogens is 382 g/mol. The van der Waals surface area contributed by atoms with E-state index in [1.165, 1.54) is 0 Å². The Labute approximate surface area is 175 Å². The van der Waals surface area contributed by atoms with Crippen molar-refractivity contribution >= 4 is 11.8 Å². The molecule has 2 aromatic rings.